The Morgan fingerprint density at radius 1 is 1.18 bits per heavy atom. The molecule has 2 aromatic carbocycles. The van der Waals surface area contributed by atoms with Crippen molar-refractivity contribution >= 4 is 0 Å². The fourth-order valence-corrected chi connectivity index (χ4v) is 4.61. The zero-order valence-electron chi connectivity index (χ0n) is 16.1. The third-order valence-corrected chi connectivity index (χ3v) is 5.97. The monoisotopic (exact) mass is 387 g/mol. The Morgan fingerprint density at radius 2 is 2.07 bits per heavy atom. The summed E-state index contributed by atoms with van der Waals surface area (Å²) in [6.45, 7) is 3.57. The molecule has 2 aliphatic rings. The van der Waals surface area contributed by atoms with Gasteiger partial charge in [0.1, 0.15) is 5.82 Å². The highest BCUT2D eigenvalue weighted by atomic mass is 19.1. The van der Waals surface area contributed by atoms with Crippen LogP contribution in [-0.4, -0.2) is 37.7 Å². The summed E-state index contributed by atoms with van der Waals surface area (Å²) in [5.41, 5.74) is 8.81. The van der Waals surface area contributed by atoms with Crippen LogP contribution in [0, 0.1) is 17.6 Å². The Labute approximate surface area is 164 Å². The van der Waals surface area contributed by atoms with Gasteiger partial charge in [-0.05, 0) is 60.7 Å². The topological polar surface area (TPSA) is 36.5 Å². The molecular formula is C22H27F2N3O. The minimum absolute atomic E-state index is 0.182. The van der Waals surface area contributed by atoms with Crippen LogP contribution in [-0.2, 0) is 6.54 Å². The van der Waals surface area contributed by atoms with E-state index >= 15 is 0 Å². The van der Waals surface area contributed by atoms with Gasteiger partial charge in [-0.15, -0.1) is 0 Å². The SMILES string of the molecule is COc1cc(CN2CCCC(C3NNCC3c3cccc(F)c3)C2)ccc1F. The molecule has 0 amide bonds. The largest absolute Gasteiger partial charge is 0.494 e. The van der Waals surface area contributed by atoms with E-state index in [0.29, 0.717) is 11.7 Å². The van der Waals surface area contributed by atoms with E-state index in [4.69, 9.17) is 4.74 Å². The summed E-state index contributed by atoms with van der Waals surface area (Å²) in [7, 11) is 1.49. The van der Waals surface area contributed by atoms with Crippen LogP contribution >= 0.6 is 0 Å². The molecule has 6 heteroatoms. The first-order valence-electron chi connectivity index (χ1n) is 9.92. The van der Waals surface area contributed by atoms with E-state index in [0.717, 1.165) is 50.1 Å². The van der Waals surface area contributed by atoms with E-state index in [1.54, 1.807) is 18.2 Å². The van der Waals surface area contributed by atoms with Gasteiger partial charge >= 0.3 is 0 Å². The van der Waals surface area contributed by atoms with Crippen LogP contribution in [0.25, 0.3) is 0 Å². The third kappa shape index (κ3) is 4.19. The van der Waals surface area contributed by atoms with Crippen LogP contribution < -0.4 is 15.6 Å². The molecule has 2 aromatic rings. The number of likely N-dealkylation sites (tertiary alicyclic amines) is 1. The molecule has 0 aliphatic carbocycles. The molecule has 2 saturated heterocycles. The van der Waals surface area contributed by atoms with Gasteiger partial charge in [-0.25, -0.2) is 8.78 Å². The van der Waals surface area contributed by atoms with E-state index in [-0.39, 0.29) is 23.6 Å². The van der Waals surface area contributed by atoms with Crippen molar-refractivity contribution in [2.75, 3.05) is 26.7 Å². The summed E-state index contributed by atoms with van der Waals surface area (Å²) in [5.74, 6) is 0.505. The van der Waals surface area contributed by atoms with Crippen LogP contribution in [0.3, 0.4) is 0 Å². The maximum absolute atomic E-state index is 13.7. The van der Waals surface area contributed by atoms with E-state index in [1.807, 2.05) is 12.1 Å². The molecular weight excluding hydrogens is 360 g/mol. The number of hydrogen-bond acceptors (Lipinski definition) is 4. The van der Waals surface area contributed by atoms with Gasteiger partial charge in [0.2, 0.25) is 0 Å². The summed E-state index contributed by atoms with van der Waals surface area (Å²) < 4.78 is 32.5. The second kappa shape index (κ2) is 8.55. The summed E-state index contributed by atoms with van der Waals surface area (Å²) in [5, 5.41) is 0. The Balaban J connectivity index is 1.44. The lowest BCUT2D eigenvalue weighted by atomic mass is 9.81. The van der Waals surface area contributed by atoms with Crippen molar-refractivity contribution in [2.24, 2.45) is 5.92 Å². The van der Waals surface area contributed by atoms with Gasteiger partial charge in [0.25, 0.3) is 0 Å². The van der Waals surface area contributed by atoms with Crippen molar-refractivity contribution in [1.29, 1.82) is 0 Å². The van der Waals surface area contributed by atoms with Gasteiger partial charge in [0, 0.05) is 31.6 Å². The summed E-state index contributed by atoms with van der Waals surface area (Å²) in [6.07, 6.45) is 2.27. The Hall–Kier alpha value is -2.02. The number of rotatable bonds is 5. The molecule has 150 valence electrons. The van der Waals surface area contributed by atoms with Crippen molar-refractivity contribution in [1.82, 2.24) is 15.8 Å². The van der Waals surface area contributed by atoms with E-state index in [2.05, 4.69) is 15.8 Å². The average molecular weight is 387 g/mol. The van der Waals surface area contributed by atoms with Gasteiger partial charge in [0.15, 0.2) is 11.6 Å². The first kappa shape index (κ1) is 19.3. The number of methoxy groups -OCH3 is 1. The van der Waals surface area contributed by atoms with Gasteiger partial charge < -0.3 is 4.74 Å². The number of piperidine rings is 1. The van der Waals surface area contributed by atoms with Crippen LogP contribution in [0.5, 0.6) is 5.75 Å². The molecule has 28 heavy (non-hydrogen) atoms. The molecule has 2 heterocycles. The highest BCUT2D eigenvalue weighted by Crippen LogP contribution is 2.32. The maximum Gasteiger partial charge on any atom is 0.165 e. The lowest BCUT2D eigenvalue weighted by Crippen LogP contribution is -2.46. The Morgan fingerprint density at radius 3 is 2.89 bits per heavy atom. The average Bonchev–Trinajstić information content (AvgIpc) is 3.20. The van der Waals surface area contributed by atoms with Crippen LogP contribution in [0.1, 0.15) is 29.9 Å². The van der Waals surface area contributed by atoms with E-state index < -0.39 is 0 Å². The fourth-order valence-electron chi connectivity index (χ4n) is 4.61. The molecule has 3 atom stereocenters. The van der Waals surface area contributed by atoms with Gasteiger partial charge in [-0.3, -0.25) is 15.8 Å². The number of nitrogens with one attached hydrogen (secondary N) is 2. The minimum atomic E-state index is -0.332. The first-order chi connectivity index (χ1) is 13.6. The van der Waals surface area contributed by atoms with Crippen molar-refractivity contribution in [3.05, 3.63) is 65.2 Å². The first-order valence-corrected chi connectivity index (χ1v) is 9.92. The van der Waals surface area contributed by atoms with Crippen molar-refractivity contribution < 1.29 is 13.5 Å². The van der Waals surface area contributed by atoms with Gasteiger partial charge in [-0.1, -0.05) is 18.2 Å². The van der Waals surface area contributed by atoms with Gasteiger partial charge in [0.05, 0.1) is 7.11 Å². The predicted molar refractivity (Wildman–Crippen MR) is 105 cm³/mol. The standard InChI is InChI=1S/C22H27F2N3O/c1-28-21-10-15(7-8-20(21)24)13-27-9-3-5-17(14-27)22-19(12-25-26-22)16-4-2-6-18(23)11-16/h2,4,6-8,10-11,17,19,22,25-26H,3,5,9,12-14H2,1H3. The normalized spacial score (nSPS) is 25.8. The smallest absolute Gasteiger partial charge is 0.165 e. The molecule has 2 aliphatic heterocycles. The van der Waals surface area contributed by atoms with Gasteiger partial charge in [-0.2, -0.15) is 0 Å². The zero-order chi connectivity index (χ0) is 19.5. The number of hydrogen-bond donors (Lipinski definition) is 2. The second-order valence-electron chi connectivity index (χ2n) is 7.82. The number of ether oxygens (including phenoxy) is 1. The van der Waals surface area contributed by atoms with Crippen LogP contribution in [0.4, 0.5) is 8.78 Å². The molecule has 2 fully saturated rings. The fraction of sp³-hybridized carbons (Fsp3) is 0.455. The van der Waals surface area contributed by atoms with Crippen molar-refractivity contribution in [2.45, 2.75) is 31.3 Å². The number of benzene rings is 2. The molecule has 0 bridgehead atoms. The highest BCUT2D eigenvalue weighted by Gasteiger charge is 2.36. The molecule has 4 rings (SSSR count). The molecule has 4 nitrogen and oxygen atoms in total. The van der Waals surface area contributed by atoms with E-state index in [9.17, 15) is 8.78 Å². The summed E-state index contributed by atoms with van der Waals surface area (Å²) >= 11 is 0. The quantitative estimate of drug-likeness (QED) is 0.824. The number of nitrogens with zero attached hydrogens (tertiary/aromatic N) is 1. The number of halogens is 2. The molecule has 3 unspecified atom stereocenters. The highest BCUT2D eigenvalue weighted by molar-refractivity contribution is 5.30. The van der Waals surface area contributed by atoms with Crippen LogP contribution in [0.2, 0.25) is 0 Å². The third-order valence-electron chi connectivity index (χ3n) is 5.97. The molecule has 2 N–H and O–H groups in total. The molecule has 0 aromatic heterocycles. The molecule has 0 saturated carbocycles. The zero-order valence-corrected chi connectivity index (χ0v) is 16.1. The second-order valence-corrected chi connectivity index (χ2v) is 7.82. The van der Waals surface area contributed by atoms with Crippen molar-refractivity contribution in [3.63, 3.8) is 0 Å². The predicted octanol–water partition coefficient (Wildman–Crippen LogP) is 3.45. The summed E-state index contributed by atoms with van der Waals surface area (Å²) in [4.78, 5) is 2.42. The van der Waals surface area contributed by atoms with Crippen LogP contribution in [0.15, 0.2) is 42.5 Å². The Kier molecular flexibility index (Phi) is 5.90. The molecule has 0 radical (unpaired) electrons. The number of hydrazine groups is 1. The summed E-state index contributed by atoms with van der Waals surface area (Å²) in [6, 6.07) is 12.3. The maximum atomic E-state index is 13.7. The lowest BCUT2D eigenvalue weighted by Gasteiger charge is -2.37. The van der Waals surface area contributed by atoms with E-state index in [1.165, 1.54) is 19.2 Å². The minimum Gasteiger partial charge on any atom is -0.494 e. The Bertz CT molecular complexity index is 816. The lowest BCUT2D eigenvalue weighted by molar-refractivity contribution is 0.139. The van der Waals surface area contributed by atoms with Crippen molar-refractivity contribution in [3.8, 4) is 5.75 Å². The molecule has 0 spiro atoms.